The molecule has 9 heteroatoms. The van der Waals surface area contributed by atoms with Gasteiger partial charge in [0.1, 0.15) is 12.4 Å². The van der Waals surface area contributed by atoms with Crippen molar-refractivity contribution in [1.82, 2.24) is 5.32 Å². The van der Waals surface area contributed by atoms with Crippen molar-refractivity contribution in [3.8, 4) is 5.75 Å². The highest BCUT2D eigenvalue weighted by Gasteiger charge is 2.15. The number of ether oxygens (including phenoxy) is 2. The maximum atomic E-state index is 12.8. The Balaban J connectivity index is 1.56. The molecular formula is C26H26BrN3O4S. The van der Waals surface area contributed by atoms with E-state index in [1.807, 2.05) is 30.3 Å². The quantitative estimate of drug-likeness (QED) is 0.236. The van der Waals surface area contributed by atoms with E-state index in [2.05, 4.69) is 31.9 Å². The normalized spacial score (nSPS) is 10.3. The van der Waals surface area contributed by atoms with Gasteiger partial charge in [-0.25, -0.2) is 0 Å². The molecule has 0 fully saturated rings. The zero-order valence-corrected chi connectivity index (χ0v) is 21.6. The van der Waals surface area contributed by atoms with E-state index in [1.54, 1.807) is 49.6 Å². The highest BCUT2D eigenvalue weighted by Crippen LogP contribution is 2.23. The van der Waals surface area contributed by atoms with Crippen LogP contribution in [0.4, 0.5) is 11.4 Å². The molecule has 0 atom stereocenters. The van der Waals surface area contributed by atoms with Gasteiger partial charge in [-0.2, -0.15) is 0 Å². The van der Waals surface area contributed by atoms with Crippen LogP contribution in [0.3, 0.4) is 0 Å². The molecule has 0 bridgehead atoms. The van der Waals surface area contributed by atoms with Crippen LogP contribution in [0.5, 0.6) is 5.75 Å². The summed E-state index contributed by atoms with van der Waals surface area (Å²) in [4.78, 5) is 25.2. The molecule has 0 radical (unpaired) electrons. The van der Waals surface area contributed by atoms with Crippen molar-refractivity contribution < 1.29 is 19.1 Å². The van der Waals surface area contributed by atoms with Crippen LogP contribution in [0.1, 0.15) is 22.3 Å². The molecular weight excluding hydrogens is 530 g/mol. The molecule has 3 aromatic carbocycles. The Morgan fingerprint density at radius 3 is 2.40 bits per heavy atom. The van der Waals surface area contributed by atoms with Crippen molar-refractivity contribution in [2.75, 3.05) is 31.0 Å². The minimum Gasteiger partial charge on any atom is -0.490 e. The number of rotatable bonds is 10. The Morgan fingerprint density at radius 1 is 0.914 bits per heavy atom. The summed E-state index contributed by atoms with van der Waals surface area (Å²) < 4.78 is 11.4. The molecule has 0 aliphatic carbocycles. The van der Waals surface area contributed by atoms with Gasteiger partial charge in [0, 0.05) is 29.4 Å². The summed E-state index contributed by atoms with van der Waals surface area (Å²) in [5.41, 5.74) is 2.70. The predicted molar refractivity (Wildman–Crippen MR) is 145 cm³/mol. The van der Waals surface area contributed by atoms with Gasteiger partial charge in [-0.1, -0.05) is 52.3 Å². The smallest absolute Gasteiger partial charge is 0.261 e. The molecule has 0 aliphatic heterocycles. The fraction of sp³-hybridized carbons (Fsp3) is 0.192. The van der Waals surface area contributed by atoms with Crippen LogP contribution < -0.4 is 20.7 Å². The number of anilines is 2. The number of halogens is 1. The number of carbonyl (C=O) groups excluding carboxylic acids is 2. The first-order valence-electron chi connectivity index (χ1n) is 10.9. The topological polar surface area (TPSA) is 88.7 Å². The van der Waals surface area contributed by atoms with E-state index in [4.69, 9.17) is 21.7 Å². The molecule has 0 spiro atoms. The molecule has 0 aromatic heterocycles. The number of nitrogens with one attached hydrogen (secondary N) is 3. The lowest BCUT2D eigenvalue weighted by Crippen LogP contribution is -2.34. The molecule has 182 valence electrons. The monoisotopic (exact) mass is 555 g/mol. The summed E-state index contributed by atoms with van der Waals surface area (Å²) in [6, 6.07) is 22.1. The average molecular weight is 556 g/mol. The largest absolute Gasteiger partial charge is 0.490 e. The van der Waals surface area contributed by atoms with E-state index in [9.17, 15) is 9.59 Å². The molecule has 0 unspecified atom stereocenters. The Kier molecular flexibility index (Phi) is 10.2. The molecule has 0 saturated heterocycles. The molecule has 35 heavy (non-hydrogen) atoms. The number of hydrogen-bond donors (Lipinski definition) is 3. The van der Waals surface area contributed by atoms with Crippen LogP contribution in [0.15, 0.2) is 77.3 Å². The first kappa shape index (κ1) is 26.3. The van der Waals surface area contributed by atoms with Gasteiger partial charge in [0.2, 0.25) is 5.91 Å². The second kappa shape index (κ2) is 13.6. The molecule has 3 N–H and O–H groups in total. The zero-order chi connectivity index (χ0) is 25.0. The van der Waals surface area contributed by atoms with Gasteiger partial charge in [0.05, 0.1) is 12.2 Å². The van der Waals surface area contributed by atoms with Gasteiger partial charge in [-0.3, -0.25) is 14.9 Å². The summed E-state index contributed by atoms with van der Waals surface area (Å²) in [5, 5.41) is 8.64. The summed E-state index contributed by atoms with van der Waals surface area (Å²) in [7, 11) is 1.58. The highest BCUT2D eigenvalue weighted by atomic mass is 79.9. The molecule has 7 nitrogen and oxygen atoms in total. The first-order valence-corrected chi connectivity index (χ1v) is 12.1. The van der Waals surface area contributed by atoms with Gasteiger partial charge in [0.15, 0.2) is 5.11 Å². The SMILES string of the molecule is COCCOc1ccc(Br)cc1C(=O)NC(=S)Nc1cccc(NC(=O)CCc2ccccc2)c1. The summed E-state index contributed by atoms with van der Waals surface area (Å²) in [5.74, 6) is -0.0788. The van der Waals surface area contributed by atoms with Crippen molar-refractivity contribution in [3.05, 3.63) is 88.4 Å². The standard InChI is InChI=1S/C26H26BrN3O4S/c1-33-14-15-34-23-12-11-19(27)16-22(23)25(32)30-26(35)29-21-9-5-8-20(17-21)28-24(31)13-10-18-6-3-2-4-7-18/h2-9,11-12,16-17H,10,13-15H2,1H3,(H,28,31)(H2,29,30,32,35). The van der Waals surface area contributed by atoms with Gasteiger partial charge in [-0.15, -0.1) is 0 Å². The van der Waals surface area contributed by atoms with E-state index in [-0.39, 0.29) is 11.0 Å². The number of amides is 2. The minimum atomic E-state index is -0.415. The van der Waals surface area contributed by atoms with Crippen molar-refractivity contribution in [3.63, 3.8) is 0 Å². The van der Waals surface area contributed by atoms with E-state index in [0.29, 0.717) is 48.7 Å². The van der Waals surface area contributed by atoms with Crippen LogP contribution in [0.2, 0.25) is 0 Å². The number of benzene rings is 3. The van der Waals surface area contributed by atoms with E-state index >= 15 is 0 Å². The molecule has 3 rings (SSSR count). The third-order valence-electron chi connectivity index (χ3n) is 4.85. The maximum Gasteiger partial charge on any atom is 0.261 e. The van der Waals surface area contributed by atoms with Crippen molar-refractivity contribution >= 4 is 56.4 Å². The average Bonchev–Trinajstić information content (AvgIpc) is 2.84. The van der Waals surface area contributed by atoms with E-state index in [1.165, 1.54) is 0 Å². The van der Waals surface area contributed by atoms with Crippen molar-refractivity contribution in [2.24, 2.45) is 0 Å². The van der Waals surface area contributed by atoms with E-state index < -0.39 is 5.91 Å². The number of aryl methyl sites for hydroxylation is 1. The fourth-order valence-electron chi connectivity index (χ4n) is 3.17. The Morgan fingerprint density at radius 2 is 1.66 bits per heavy atom. The highest BCUT2D eigenvalue weighted by molar-refractivity contribution is 9.10. The van der Waals surface area contributed by atoms with Crippen LogP contribution in [-0.2, 0) is 16.0 Å². The number of carbonyl (C=O) groups is 2. The third kappa shape index (κ3) is 8.79. The van der Waals surface area contributed by atoms with Gasteiger partial charge in [-0.05, 0) is 60.6 Å². The number of methoxy groups -OCH3 is 1. The number of thiocarbonyl (C=S) groups is 1. The lowest BCUT2D eigenvalue weighted by Gasteiger charge is -2.14. The third-order valence-corrected chi connectivity index (χ3v) is 5.54. The number of hydrogen-bond acceptors (Lipinski definition) is 5. The van der Waals surface area contributed by atoms with E-state index in [0.717, 1.165) is 10.0 Å². The molecule has 0 aliphatic rings. The van der Waals surface area contributed by atoms with Gasteiger partial charge >= 0.3 is 0 Å². The van der Waals surface area contributed by atoms with Gasteiger partial charge < -0.3 is 20.1 Å². The van der Waals surface area contributed by atoms with Crippen molar-refractivity contribution in [2.45, 2.75) is 12.8 Å². The Labute approximate surface area is 218 Å². The second-order valence-electron chi connectivity index (χ2n) is 7.50. The molecule has 0 saturated carbocycles. The summed E-state index contributed by atoms with van der Waals surface area (Å²) >= 11 is 8.69. The summed E-state index contributed by atoms with van der Waals surface area (Å²) in [6.07, 6.45) is 1.03. The second-order valence-corrected chi connectivity index (χ2v) is 8.83. The summed E-state index contributed by atoms with van der Waals surface area (Å²) in [6.45, 7) is 0.710. The van der Waals surface area contributed by atoms with Crippen molar-refractivity contribution in [1.29, 1.82) is 0 Å². The zero-order valence-electron chi connectivity index (χ0n) is 19.2. The van der Waals surface area contributed by atoms with Crippen LogP contribution in [0, 0.1) is 0 Å². The molecule has 3 aromatic rings. The van der Waals surface area contributed by atoms with Crippen LogP contribution in [-0.4, -0.2) is 37.3 Å². The predicted octanol–water partition coefficient (Wildman–Crippen LogP) is 5.17. The molecule has 2 amide bonds. The lowest BCUT2D eigenvalue weighted by atomic mass is 10.1. The first-order chi connectivity index (χ1) is 16.9. The maximum absolute atomic E-state index is 12.8. The Hall–Kier alpha value is -3.27. The molecule has 0 heterocycles. The van der Waals surface area contributed by atoms with Crippen LogP contribution >= 0.6 is 28.1 Å². The Bertz CT molecular complexity index is 1170. The van der Waals surface area contributed by atoms with Gasteiger partial charge in [0.25, 0.3) is 5.91 Å². The lowest BCUT2D eigenvalue weighted by molar-refractivity contribution is -0.116. The van der Waals surface area contributed by atoms with Crippen LogP contribution in [0.25, 0.3) is 0 Å². The fourth-order valence-corrected chi connectivity index (χ4v) is 3.75. The minimum absolute atomic E-state index is 0.0856.